The highest BCUT2D eigenvalue weighted by Crippen LogP contribution is 2.31. The number of carbonyl (C=O) groups is 1. The second kappa shape index (κ2) is 7.46. The van der Waals surface area contributed by atoms with Crippen molar-refractivity contribution < 1.29 is 14.6 Å². The first-order valence-electron chi connectivity index (χ1n) is 7.72. The van der Waals surface area contributed by atoms with Crippen LogP contribution in [0.1, 0.15) is 44.6 Å². The van der Waals surface area contributed by atoms with Gasteiger partial charge in [0.05, 0.1) is 13.7 Å². The molecule has 1 aromatic carbocycles. The van der Waals surface area contributed by atoms with E-state index in [0.29, 0.717) is 22.9 Å². The molecule has 4 nitrogen and oxygen atoms in total. The van der Waals surface area contributed by atoms with Gasteiger partial charge in [0.15, 0.2) is 0 Å². The van der Waals surface area contributed by atoms with Crippen LogP contribution in [0.3, 0.4) is 0 Å². The van der Waals surface area contributed by atoms with E-state index in [0.717, 1.165) is 6.42 Å². The van der Waals surface area contributed by atoms with E-state index in [1.54, 1.807) is 25.3 Å². The monoisotopic (exact) mass is 291 g/mol. The zero-order valence-corrected chi connectivity index (χ0v) is 12.9. The highest BCUT2D eigenvalue weighted by molar-refractivity contribution is 5.92. The number of nitrogens with one attached hydrogen (secondary N) is 1. The van der Waals surface area contributed by atoms with Crippen molar-refractivity contribution in [3.05, 3.63) is 23.8 Å². The molecule has 0 aliphatic heterocycles. The molecule has 0 saturated heterocycles. The number of anilines is 1. The van der Waals surface area contributed by atoms with Gasteiger partial charge in [-0.1, -0.05) is 32.6 Å². The molecule has 0 spiro atoms. The Balaban J connectivity index is 1.94. The molecular weight excluding hydrogens is 266 g/mol. The second-order valence-corrected chi connectivity index (χ2v) is 5.96. The first kappa shape index (κ1) is 15.8. The van der Waals surface area contributed by atoms with Gasteiger partial charge in [-0.05, 0) is 30.5 Å². The molecule has 0 radical (unpaired) electrons. The Bertz CT molecular complexity index is 481. The van der Waals surface area contributed by atoms with Gasteiger partial charge in [0.25, 0.3) is 0 Å². The summed E-state index contributed by atoms with van der Waals surface area (Å²) >= 11 is 0. The van der Waals surface area contributed by atoms with Crippen molar-refractivity contribution in [2.45, 2.75) is 45.6 Å². The molecule has 2 rings (SSSR count). The van der Waals surface area contributed by atoms with Crippen molar-refractivity contribution in [3.63, 3.8) is 0 Å². The van der Waals surface area contributed by atoms with E-state index in [2.05, 4.69) is 5.32 Å². The summed E-state index contributed by atoms with van der Waals surface area (Å²) in [6, 6.07) is 5.33. The Morgan fingerprint density at radius 3 is 2.76 bits per heavy atom. The van der Waals surface area contributed by atoms with Crippen LogP contribution in [0.5, 0.6) is 5.75 Å². The van der Waals surface area contributed by atoms with Crippen LogP contribution in [0.4, 0.5) is 5.69 Å². The summed E-state index contributed by atoms with van der Waals surface area (Å²) in [6.07, 6.45) is 6.09. The van der Waals surface area contributed by atoms with Crippen LogP contribution < -0.4 is 10.1 Å². The van der Waals surface area contributed by atoms with Crippen molar-refractivity contribution in [2.24, 2.45) is 11.8 Å². The van der Waals surface area contributed by atoms with Gasteiger partial charge in [0.2, 0.25) is 5.91 Å². The number of carbonyl (C=O) groups excluding carboxylic acids is 1. The third-order valence-corrected chi connectivity index (χ3v) is 4.33. The molecule has 1 aromatic rings. The fourth-order valence-corrected chi connectivity index (χ4v) is 3.10. The molecule has 21 heavy (non-hydrogen) atoms. The summed E-state index contributed by atoms with van der Waals surface area (Å²) in [6.45, 7) is 1.88. The van der Waals surface area contributed by atoms with Crippen molar-refractivity contribution >= 4 is 11.6 Å². The van der Waals surface area contributed by atoms with E-state index >= 15 is 0 Å². The largest absolute Gasteiger partial charge is 0.496 e. The fourth-order valence-electron chi connectivity index (χ4n) is 3.10. The Kier molecular flexibility index (Phi) is 5.62. The number of ether oxygens (including phenoxy) is 1. The molecule has 1 aliphatic carbocycles. The first-order chi connectivity index (χ1) is 10.1. The van der Waals surface area contributed by atoms with Gasteiger partial charge in [0, 0.05) is 17.2 Å². The fraction of sp³-hybridized carbons (Fsp3) is 0.588. The molecular formula is C17H25NO3. The molecule has 1 amide bonds. The summed E-state index contributed by atoms with van der Waals surface area (Å²) in [4.78, 5) is 12.2. The zero-order chi connectivity index (χ0) is 15.2. The van der Waals surface area contributed by atoms with E-state index in [9.17, 15) is 9.90 Å². The van der Waals surface area contributed by atoms with Gasteiger partial charge < -0.3 is 15.2 Å². The summed E-state index contributed by atoms with van der Waals surface area (Å²) in [5, 5.41) is 12.3. The second-order valence-electron chi connectivity index (χ2n) is 5.96. The average Bonchev–Trinajstić information content (AvgIpc) is 2.99. The van der Waals surface area contributed by atoms with Crippen LogP contribution in [0.25, 0.3) is 0 Å². The number of amides is 1. The standard InChI is InChI=1S/C17H25NO3/c1-12(9-13-5-3-4-6-13)17(20)18-15-7-8-16(21-2)14(10-15)11-19/h7-8,10,12-13,19H,3-6,9,11H2,1-2H3,(H,18,20). The van der Waals surface area contributed by atoms with Crippen molar-refractivity contribution in [1.82, 2.24) is 0 Å². The van der Waals surface area contributed by atoms with Gasteiger partial charge in [-0.2, -0.15) is 0 Å². The Morgan fingerprint density at radius 1 is 1.43 bits per heavy atom. The van der Waals surface area contributed by atoms with Crippen LogP contribution in [-0.2, 0) is 11.4 Å². The van der Waals surface area contributed by atoms with E-state index in [4.69, 9.17) is 4.74 Å². The van der Waals surface area contributed by atoms with E-state index in [1.807, 2.05) is 6.92 Å². The lowest BCUT2D eigenvalue weighted by molar-refractivity contribution is -0.119. The number of methoxy groups -OCH3 is 1. The Labute approximate surface area is 126 Å². The highest BCUT2D eigenvalue weighted by atomic mass is 16.5. The predicted octanol–water partition coefficient (Wildman–Crippen LogP) is 3.34. The minimum Gasteiger partial charge on any atom is -0.496 e. The van der Waals surface area contributed by atoms with Gasteiger partial charge in [-0.3, -0.25) is 4.79 Å². The summed E-state index contributed by atoms with van der Waals surface area (Å²) in [5.41, 5.74) is 1.39. The number of aliphatic hydroxyl groups excluding tert-OH is 1. The molecule has 1 unspecified atom stereocenters. The number of benzene rings is 1. The van der Waals surface area contributed by atoms with Crippen molar-refractivity contribution in [1.29, 1.82) is 0 Å². The van der Waals surface area contributed by atoms with E-state index in [-0.39, 0.29) is 18.4 Å². The molecule has 1 aliphatic rings. The number of aliphatic hydroxyl groups is 1. The summed E-state index contributed by atoms with van der Waals surface area (Å²) in [5.74, 6) is 1.41. The summed E-state index contributed by atoms with van der Waals surface area (Å²) in [7, 11) is 1.57. The van der Waals surface area contributed by atoms with E-state index < -0.39 is 0 Å². The molecule has 1 fully saturated rings. The topological polar surface area (TPSA) is 58.6 Å². The first-order valence-corrected chi connectivity index (χ1v) is 7.72. The smallest absolute Gasteiger partial charge is 0.227 e. The van der Waals surface area contributed by atoms with Crippen LogP contribution in [0.2, 0.25) is 0 Å². The van der Waals surface area contributed by atoms with Crippen molar-refractivity contribution in [2.75, 3.05) is 12.4 Å². The molecule has 116 valence electrons. The Morgan fingerprint density at radius 2 is 2.14 bits per heavy atom. The maximum Gasteiger partial charge on any atom is 0.227 e. The van der Waals surface area contributed by atoms with Crippen LogP contribution >= 0.6 is 0 Å². The quantitative estimate of drug-likeness (QED) is 0.845. The van der Waals surface area contributed by atoms with Gasteiger partial charge in [0.1, 0.15) is 5.75 Å². The molecule has 2 N–H and O–H groups in total. The van der Waals surface area contributed by atoms with Gasteiger partial charge >= 0.3 is 0 Å². The van der Waals surface area contributed by atoms with Gasteiger partial charge in [-0.25, -0.2) is 0 Å². The lowest BCUT2D eigenvalue weighted by Gasteiger charge is -2.17. The third-order valence-electron chi connectivity index (χ3n) is 4.33. The molecule has 0 aromatic heterocycles. The maximum atomic E-state index is 12.2. The minimum atomic E-state index is -0.107. The van der Waals surface area contributed by atoms with Crippen LogP contribution in [0.15, 0.2) is 18.2 Å². The SMILES string of the molecule is COc1ccc(NC(=O)C(C)CC2CCCC2)cc1CO. The number of hydrogen-bond acceptors (Lipinski definition) is 3. The van der Waals surface area contributed by atoms with Crippen LogP contribution in [0, 0.1) is 11.8 Å². The average molecular weight is 291 g/mol. The lowest BCUT2D eigenvalue weighted by atomic mass is 9.94. The molecule has 1 saturated carbocycles. The van der Waals surface area contributed by atoms with Crippen molar-refractivity contribution in [3.8, 4) is 5.75 Å². The molecule has 1 atom stereocenters. The highest BCUT2D eigenvalue weighted by Gasteiger charge is 2.22. The molecule has 0 bridgehead atoms. The number of hydrogen-bond donors (Lipinski definition) is 2. The minimum absolute atomic E-state index is 0.0211. The van der Waals surface area contributed by atoms with Crippen LogP contribution in [-0.4, -0.2) is 18.1 Å². The van der Waals surface area contributed by atoms with E-state index in [1.165, 1.54) is 25.7 Å². The third kappa shape index (κ3) is 4.21. The normalized spacial score (nSPS) is 16.7. The zero-order valence-electron chi connectivity index (χ0n) is 12.9. The summed E-state index contributed by atoms with van der Waals surface area (Å²) < 4.78 is 5.16. The molecule has 0 heterocycles. The Hall–Kier alpha value is -1.55. The maximum absolute atomic E-state index is 12.2. The number of rotatable bonds is 6. The molecule has 4 heteroatoms. The lowest BCUT2D eigenvalue weighted by Crippen LogP contribution is -2.22. The van der Waals surface area contributed by atoms with Gasteiger partial charge in [-0.15, -0.1) is 0 Å². The predicted molar refractivity (Wildman–Crippen MR) is 83.3 cm³/mol.